The third-order valence-corrected chi connectivity index (χ3v) is 3.02. The van der Waals surface area contributed by atoms with E-state index < -0.39 is 0 Å². The number of benzene rings is 1. The van der Waals surface area contributed by atoms with Crippen LogP contribution in [-0.2, 0) is 6.42 Å². The number of hydrogen-bond donors (Lipinski definition) is 1. The topological polar surface area (TPSA) is 37.3 Å². The first-order valence-electron chi connectivity index (χ1n) is 6.96. The molecule has 1 aromatic carbocycles. The van der Waals surface area contributed by atoms with Crippen LogP contribution in [0.5, 0.6) is 0 Å². The lowest BCUT2D eigenvalue weighted by Crippen LogP contribution is -2.01. The normalized spacial score (nSPS) is 11.7. The van der Waals surface area contributed by atoms with Gasteiger partial charge in [0.05, 0.1) is 5.71 Å². The van der Waals surface area contributed by atoms with Gasteiger partial charge >= 0.3 is 0 Å². The van der Waals surface area contributed by atoms with Gasteiger partial charge in [0.1, 0.15) is 5.82 Å². The lowest BCUT2D eigenvalue weighted by molar-refractivity contribution is 0.647. The van der Waals surface area contributed by atoms with Crippen LogP contribution < -0.4 is 5.43 Å². The number of rotatable bonds is 5. The second-order valence-corrected chi connectivity index (χ2v) is 5.32. The SMILES string of the molecule is C/C(=N/Nc1ccccn1)c1ccc(CC(C)C)cc1. The third-order valence-electron chi connectivity index (χ3n) is 3.02. The van der Waals surface area contributed by atoms with Gasteiger partial charge < -0.3 is 0 Å². The molecule has 2 aromatic rings. The highest BCUT2D eigenvalue weighted by molar-refractivity contribution is 5.99. The molecule has 0 radical (unpaired) electrons. The van der Waals surface area contributed by atoms with Gasteiger partial charge in [0.2, 0.25) is 0 Å². The van der Waals surface area contributed by atoms with Crippen molar-refractivity contribution < 1.29 is 0 Å². The maximum atomic E-state index is 4.36. The second kappa shape index (κ2) is 6.85. The van der Waals surface area contributed by atoms with Gasteiger partial charge in [-0.25, -0.2) is 4.98 Å². The van der Waals surface area contributed by atoms with Gasteiger partial charge in [-0.15, -0.1) is 0 Å². The van der Waals surface area contributed by atoms with Crippen LogP contribution in [0.15, 0.2) is 53.8 Å². The minimum absolute atomic E-state index is 0.682. The van der Waals surface area contributed by atoms with Crippen molar-refractivity contribution in [3.63, 3.8) is 0 Å². The summed E-state index contributed by atoms with van der Waals surface area (Å²) in [6.07, 6.45) is 2.86. The van der Waals surface area contributed by atoms with E-state index in [2.05, 4.69) is 53.6 Å². The van der Waals surface area contributed by atoms with Crippen LogP contribution >= 0.6 is 0 Å². The van der Waals surface area contributed by atoms with E-state index in [0.29, 0.717) is 5.92 Å². The van der Waals surface area contributed by atoms with Crippen LogP contribution in [0.25, 0.3) is 0 Å². The molecule has 0 aliphatic carbocycles. The molecular formula is C17H21N3. The molecule has 0 aliphatic rings. The lowest BCUT2D eigenvalue weighted by Gasteiger charge is -2.07. The predicted molar refractivity (Wildman–Crippen MR) is 85.1 cm³/mol. The highest BCUT2D eigenvalue weighted by Gasteiger charge is 2.00. The Hall–Kier alpha value is -2.16. The van der Waals surface area contributed by atoms with E-state index in [1.165, 1.54) is 5.56 Å². The van der Waals surface area contributed by atoms with Crippen molar-refractivity contribution in [3.05, 3.63) is 59.8 Å². The monoisotopic (exact) mass is 267 g/mol. The summed E-state index contributed by atoms with van der Waals surface area (Å²) < 4.78 is 0. The van der Waals surface area contributed by atoms with Crippen molar-refractivity contribution in [2.75, 3.05) is 5.43 Å². The minimum Gasteiger partial charge on any atom is -0.261 e. The summed E-state index contributed by atoms with van der Waals surface area (Å²) in [6.45, 7) is 6.46. The van der Waals surface area contributed by atoms with Crippen molar-refractivity contribution in [1.82, 2.24) is 4.98 Å². The van der Waals surface area contributed by atoms with Crippen LogP contribution in [0.3, 0.4) is 0 Å². The maximum Gasteiger partial charge on any atom is 0.146 e. The first kappa shape index (κ1) is 14.3. The van der Waals surface area contributed by atoms with Crippen LogP contribution in [0.2, 0.25) is 0 Å². The highest BCUT2D eigenvalue weighted by atomic mass is 15.3. The second-order valence-electron chi connectivity index (χ2n) is 5.32. The van der Waals surface area contributed by atoms with Gasteiger partial charge in [0, 0.05) is 6.20 Å². The van der Waals surface area contributed by atoms with Crippen molar-refractivity contribution in [2.45, 2.75) is 27.2 Å². The summed E-state index contributed by atoms with van der Waals surface area (Å²) in [7, 11) is 0. The molecule has 0 amide bonds. The lowest BCUT2D eigenvalue weighted by atomic mass is 10.0. The van der Waals surface area contributed by atoms with Gasteiger partial charge in [-0.3, -0.25) is 5.43 Å². The van der Waals surface area contributed by atoms with Gasteiger partial charge in [0.25, 0.3) is 0 Å². The van der Waals surface area contributed by atoms with Gasteiger partial charge in [-0.1, -0.05) is 44.2 Å². The van der Waals surface area contributed by atoms with E-state index in [9.17, 15) is 0 Å². The first-order chi connectivity index (χ1) is 9.65. The van der Waals surface area contributed by atoms with E-state index in [1.54, 1.807) is 6.20 Å². The van der Waals surface area contributed by atoms with Crippen molar-refractivity contribution in [3.8, 4) is 0 Å². The van der Waals surface area contributed by atoms with Crippen molar-refractivity contribution in [2.24, 2.45) is 11.0 Å². The third kappa shape index (κ3) is 4.19. The van der Waals surface area contributed by atoms with Gasteiger partial charge in [0.15, 0.2) is 0 Å². The Morgan fingerprint density at radius 3 is 2.50 bits per heavy atom. The van der Waals surface area contributed by atoms with Crippen LogP contribution in [0.1, 0.15) is 31.9 Å². The van der Waals surface area contributed by atoms with Gasteiger partial charge in [-0.2, -0.15) is 5.10 Å². The zero-order chi connectivity index (χ0) is 14.4. The molecular weight excluding hydrogens is 246 g/mol. The Balaban J connectivity index is 2.03. The Bertz CT molecular complexity index is 557. The average molecular weight is 267 g/mol. The van der Waals surface area contributed by atoms with E-state index in [-0.39, 0.29) is 0 Å². The summed E-state index contributed by atoms with van der Waals surface area (Å²) in [5.74, 6) is 1.43. The molecule has 1 heterocycles. The molecule has 3 heteroatoms. The minimum atomic E-state index is 0.682. The van der Waals surface area contributed by atoms with Crippen LogP contribution in [0, 0.1) is 5.92 Å². The Labute approximate surface area is 120 Å². The zero-order valence-corrected chi connectivity index (χ0v) is 12.3. The molecule has 0 unspecified atom stereocenters. The molecule has 0 saturated carbocycles. The molecule has 1 aromatic heterocycles. The fraction of sp³-hybridized carbons (Fsp3) is 0.294. The van der Waals surface area contributed by atoms with Gasteiger partial charge in [-0.05, 0) is 42.5 Å². The summed E-state index contributed by atoms with van der Waals surface area (Å²) in [4.78, 5) is 4.17. The van der Waals surface area contributed by atoms with Crippen molar-refractivity contribution >= 4 is 11.5 Å². The summed E-state index contributed by atoms with van der Waals surface area (Å²) in [6, 6.07) is 14.3. The van der Waals surface area contributed by atoms with Crippen molar-refractivity contribution in [1.29, 1.82) is 0 Å². The number of pyridine rings is 1. The van der Waals surface area contributed by atoms with Crippen LogP contribution in [0.4, 0.5) is 5.82 Å². The number of hydrazone groups is 1. The molecule has 0 atom stereocenters. The number of nitrogens with one attached hydrogen (secondary N) is 1. The number of anilines is 1. The molecule has 1 N–H and O–H groups in total. The number of aromatic nitrogens is 1. The van der Waals surface area contributed by atoms with E-state index in [0.717, 1.165) is 23.5 Å². The predicted octanol–water partition coefficient (Wildman–Crippen LogP) is 4.12. The zero-order valence-electron chi connectivity index (χ0n) is 12.3. The molecule has 0 saturated heterocycles. The number of nitrogens with zero attached hydrogens (tertiary/aromatic N) is 2. The summed E-state index contributed by atoms with van der Waals surface area (Å²) in [5.41, 5.74) is 6.41. The first-order valence-corrected chi connectivity index (χ1v) is 6.96. The molecule has 104 valence electrons. The summed E-state index contributed by atoms with van der Waals surface area (Å²) >= 11 is 0. The molecule has 0 spiro atoms. The average Bonchev–Trinajstić information content (AvgIpc) is 2.46. The number of hydrogen-bond acceptors (Lipinski definition) is 3. The highest BCUT2D eigenvalue weighted by Crippen LogP contribution is 2.11. The fourth-order valence-electron chi connectivity index (χ4n) is 1.99. The molecule has 20 heavy (non-hydrogen) atoms. The quantitative estimate of drug-likeness (QED) is 0.653. The molecule has 2 rings (SSSR count). The Kier molecular flexibility index (Phi) is 4.88. The Morgan fingerprint density at radius 2 is 1.90 bits per heavy atom. The molecule has 3 nitrogen and oxygen atoms in total. The smallest absolute Gasteiger partial charge is 0.146 e. The fourth-order valence-corrected chi connectivity index (χ4v) is 1.99. The Morgan fingerprint density at radius 1 is 1.15 bits per heavy atom. The molecule has 0 fully saturated rings. The van der Waals surface area contributed by atoms with E-state index in [4.69, 9.17) is 0 Å². The largest absolute Gasteiger partial charge is 0.261 e. The maximum absolute atomic E-state index is 4.36. The van der Waals surface area contributed by atoms with E-state index in [1.807, 2.05) is 25.1 Å². The van der Waals surface area contributed by atoms with Crippen LogP contribution in [-0.4, -0.2) is 10.7 Å². The summed E-state index contributed by atoms with van der Waals surface area (Å²) in [5, 5.41) is 4.36. The molecule has 0 bridgehead atoms. The van der Waals surface area contributed by atoms with E-state index >= 15 is 0 Å². The molecule has 0 aliphatic heterocycles. The standard InChI is InChI=1S/C17H21N3/c1-13(2)12-15-7-9-16(10-8-15)14(3)19-20-17-6-4-5-11-18-17/h4-11,13H,12H2,1-3H3,(H,18,20)/b19-14-.